The first-order valence-electron chi connectivity index (χ1n) is 8.10. The number of urea groups is 1. The molecule has 0 bridgehead atoms. The molecule has 0 aromatic heterocycles. The molecule has 1 aliphatic heterocycles. The molecule has 1 aromatic carbocycles. The van der Waals surface area contributed by atoms with E-state index in [2.05, 4.69) is 34.1 Å². The van der Waals surface area contributed by atoms with Crippen LogP contribution in [0, 0.1) is 0 Å². The predicted molar refractivity (Wildman–Crippen MR) is 84.6 cm³/mol. The van der Waals surface area contributed by atoms with Crippen molar-refractivity contribution in [1.82, 2.24) is 16.0 Å². The van der Waals surface area contributed by atoms with Gasteiger partial charge in [0.05, 0.1) is 0 Å². The van der Waals surface area contributed by atoms with Gasteiger partial charge in [-0.15, -0.1) is 0 Å². The molecule has 122 valence electrons. The molecule has 3 rings (SSSR count). The van der Waals surface area contributed by atoms with Crippen LogP contribution < -0.4 is 16.0 Å². The minimum Gasteiger partial charge on any atom is -0.352 e. The van der Waals surface area contributed by atoms with E-state index in [1.807, 2.05) is 0 Å². The number of amides is 4. The van der Waals surface area contributed by atoms with Crippen molar-refractivity contribution in [2.75, 3.05) is 0 Å². The first kappa shape index (κ1) is 15.5. The van der Waals surface area contributed by atoms with Crippen LogP contribution in [0.5, 0.6) is 0 Å². The average Bonchev–Trinajstić information content (AvgIpc) is 2.88. The Balaban J connectivity index is 1.45. The Labute approximate surface area is 135 Å². The molecule has 0 radical (unpaired) electrons. The van der Waals surface area contributed by atoms with Crippen molar-refractivity contribution in [2.45, 2.75) is 51.1 Å². The number of nitrogens with one attached hydrogen (secondary N) is 3. The number of aryl methyl sites for hydroxylation is 2. The van der Waals surface area contributed by atoms with Crippen molar-refractivity contribution >= 4 is 17.8 Å². The van der Waals surface area contributed by atoms with E-state index in [0.717, 1.165) is 18.4 Å². The van der Waals surface area contributed by atoms with E-state index in [9.17, 15) is 14.4 Å². The second-order valence-electron chi connectivity index (χ2n) is 6.14. The lowest BCUT2D eigenvalue weighted by Gasteiger charge is -2.16. The zero-order chi connectivity index (χ0) is 16.2. The van der Waals surface area contributed by atoms with Gasteiger partial charge in [-0.25, -0.2) is 4.79 Å². The van der Waals surface area contributed by atoms with E-state index in [1.54, 1.807) is 0 Å². The number of hydrogen-bond donors (Lipinski definition) is 3. The van der Waals surface area contributed by atoms with Crippen molar-refractivity contribution < 1.29 is 14.4 Å². The Morgan fingerprint density at radius 2 is 1.96 bits per heavy atom. The highest BCUT2D eigenvalue weighted by Crippen LogP contribution is 2.22. The van der Waals surface area contributed by atoms with Crippen molar-refractivity contribution in [3.05, 3.63) is 34.9 Å². The third-order valence-corrected chi connectivity index (χ3v) is 4.42. The van der Waals surface area contributed by atoms with Crippen molar-refractivity contribution in [3.8, 4) is 0 Å². The zero-order valence-corrected chi connectivity index (χ0v) is 13.0. The molecule has 1 saturated heterocycles. The van der Waals surface area contributed by atoms with Gasteiger partial charge in [0.15, 0.2) is 0 Å². The Bertz CT molecular complexity index is 642. The highest BCUT2D eigenvalue weighted by atomic mass is 16.2. The van der Waals surface area contributed by atoms with E-state index >= 15 is 0 Å². The van der Waals surface area contributed by atoms with Gasteiger partial charge in [-0.1, -0.05) is 18.2 Å². The summed E-state index contributed by atoms with van der Waals surface area (Å²) in [7, 11) is 0. The van der Waals surface area contributed by atoms with Crippen molar-refractivity contribution in [3.63, 3.8) is 0 Å². The van der Waals surface area contributed by atoms with Crippen LogP contribution in [0.3, 0.4) is 0 Å². The van der Waals surface area contributed by atoms with E-state index in [4.69, 9.17) is 0 Å². The Kier molecular flexibility index (Phi) is 4.60. The molecule has 1 atom stereocenters. The summed E-state index contributed by atoms with van der Waals surface area (Å²) in [4.78, 5) is 34.3. The molecule has 0 saturated carbocycles. The Morgan fingerprint density at radius 1 is 1.17 bits per heavy atom. The number of imide groups is 1. The Morgan fingerprint density at radius 3 is 2.70 bits per heavy atom. The maximum absolute atomic E-state index is 11.9. The van der Waals surface area contributed by atoms with Gasteiger partial charge in [0.1, 0.15) is 6.04 Å². The summed E-state index contributed by atoms with van der Waals surface area (Å²) >= 11 is 0. The molecule has 4 amide bonds. The molecule has 1 heterocycles. The second kappa shape index (κ2) is 6.81. The van der Waals surface area contributed by atoms with E-state index in [1.165, 1.54) is 24.0 Å². The molecule has 1 aliphatic carbocycles. The van der Waals surface area contributed by atoms with Crippen molar-refractivity contribution in [1.29, 1.82) is 0 Å². The fourth-order valence-corrected chi connectivity index (χ4v) is 3.12. The molecule has 3 N–H and O–H groups in total. The van der Waals surface area contributed by atoms with Gasteiger partial charge in [-0.05, 0) is 48.8 Å². The molecular weight excluding hydrogens is 294 g/mol. The minimum atomic E-state index is -0.600. The summed E-state index contributed by atoms with van der Waals surface area (Å²) in [6.45, 7) is 0.495. The molecule has 1 unspecified atom stereocenters. The number of carbonyl (C=O) groups is 3. The maximum atomic E-state index is 11.9. The molecule has 6 nitrogen and oxygen atoms in total. The lowest BCUT2D eigenvalue weighted by molar-refractivity contribution is -0.122. The molecule has 23 heavy (non-hydrogen) atoms. The maximum Gasteiger partial charge on any atom is 0.322 e. The average molecular weight is 315 g/mol. The molecule has 0 spiro atoms. The smallest absolute Gasteiger partial charge is 0.322 e. The van der Waals surface area contributed by atoms with Crippen LogP contribution in [0.4, 0.5) is 4.79 Å². The van der Waals surface area contributed by atoms with Gasteiger partial charge in [0.25, 0.3) is 5.91 Å². The summed E-state index contributed by atoms with van der Waals surface area (Å²) < 4.78 is 0. The van der Waals surface area contributed by atoms with Crippen LogP contribution >= 0.6 is 0 Å². The van der Waals surface area contributed by atoms with Crippen molar-refractivity contribution in [2.24, 2.45) is 0 Å². The number of hydrogen-bond acceptors (Lipinski definition) is 3. The lowest BCUT2D eigenvalue weighted by Crippen LogP contribution is -2.31. The summed E-state index contributed by atoms with van der Waals surface area (Å²) in [5.74, 6) is -0.478. The largest absolute Gasteiger partial charge is 0.352 e. The SMILES string of the molecule is O=C(CCC1NC(=O)NC1=O)NCc1ccc2c(c1)CCCC2. The fraction of sp³-hybridized carbons (Fsp3) is 0.471. The topological polar surface area (TPSA) is 87.3 Å². The number of benzene rings is 1. The monoisotopic (exact) mass is 315 g/mol. The van der Waals surface area contributed by atoms with Crippen LogP contribution in [-0.2, 0) is 29.0 Å². The third kappa shape index (κ3) is 3.88. The first-order chi connectivity index (χ1) is 11.1. The molecule has 2 aliphatic rings. The highest BCUT2D eigenvalue weighted by molar-refractivity contribution is 6.04. The number of carbonyl (C=O) groups excluding carboxylic acids is 3. The normalized spacial score (nSPS) is 19.7. The quantitative estimate of drug-likeness (QED) is 0.713. The molecule has 1 aromatic rings. The first-order valence-corrected chi connectivity index (χ1v) is 8.10. The third-order valence-electron chi connectivity index (χ3n) is 4.42. The van der Waals surface area contributed by atoms with Crippen LogP contribution in [0.1, 0.15) is 42.4 Å². The number of fused-ring (bicyclic) bond motifs is 1. The standard InChI is InChI=1S/C17H21N3O3/c21-15(8-7-14-16(22)20-17(23)19-14)18-10-11-5-6-12-3-1-2-4-13(12)9-11/h5-6,9,14H,1-4,7-8,10H2,(H,18,21)(H2,19,20,22,23). The van der Waals surface area contributed by atoms with Gasteiger partial charge in [0.2, 0.25) is 5.91 Å². The summed E-state index contributed by atoms with van der Waals surface area (Å²) in [6.07, 6.45) is 5.29. The van der Waals surface area contributed by atoms with Crippen LogP contribution in [0.2, 0.25) is 0 Å². The van der Waals surface area contributed by atoms with Crippen LogP contribution in [0.25, 0.3) is 0 Å². The zero-order valence-electron chi connectivity index (χ0n) is 13.0. The van der Waals surface area contributed by atoms with Crippen LogP contribution in [0.15, 0.2) is 18.2 Å². The second-order valence-corrected chi connectivity index (χ2v) is 6.14. The summed E-state index contributed by atoms with van der Waals surface area (Å²) in [5, 5.41) is 7.52. The molecular formula is C17H21N3O3. The minimum absolute atomic E-state index is 0.114. The summed E-state index contributed by atoms with van der Waals surface area (Å²) in [5.41, 5.74) is 3.92. The molecule has 1 fully saturated rings. The Hall–Kier alpha value is -2.37. The van der Waals surface area contributed by atoms with E-state index < -0.39 is 12.1 Å². The van der Waals surface area contributed by atoms with Gasteiger partial charge in [-0.2, -0.15) is 0 Å². The van der Waals surface area contributed by atoms with Crippen LogP contribution in [-0.4, -0.2) is 23.9 Å². The van der Waals surface area contributed by atoms with Gasteiger partial charge < -0.3 is 10.6 Å². The van der Waals surface area contributed by atoms with E-state index in [-0.39, 0.29) is 18.2 Å². The predicted octanol–water partition coefficient (Wildman–Crippen LogP) is 1.17. The fourth-order valence-electron chi connectivity index (χ4n) is 3.12. The van der Waals surface area contributed by atoms with Gasteiger partial charge in [-0.3, -0.25) is 14.9 Å². The summed E-state index contributed by atoms with van der Waals surface area (Å²) in [6, 6.07) is 5.31. The molecule has 6 heteroatoms. The van der Waals surface area contributed by atoms with Gasteiger partial charge >= 0.3 is 6.03 Å². The van der Waals surface area contributed by atoms with E-state index in [0.29, 0.717) is 13.0 Å². The lowest BCUT2D eigenvalue weighted by atomic mass is 9.90. The number of rotatable bonds is 5. The highest BCUT2D eigenvalue weighted by Gasteiger charge is 2.29. The van der Waals surface area contributed by atoms with Gasteiger partial charge in [0, 0.05) is 13.0 Å².